The lowest BCUT2D eigenvalue weighted by Crippen LogP contribution is -2.59. The van der Waals surface area contributed by atoms with E-state index in [2.05, 4.69) is 32.5 Å². The quantitative estimate of drug-likeness (QED) is 0.875. The SMILES string of the molecule is Cc1cccnc1C(=O)NC1(CNc2ncccn2)CCCCC1C. The zero-order valence-corrected chi connectivity index (χ0v) is 14.8. The number of hydrogen-bond donors (Lipinski definition) is 2. The van der Waals surface area contributed by atoms with Crippen LogP contribution in [0.5, 0.6) is 0 Å². The van der Waals surface area contributed by atoms with Crippen LogP contribution < -0.4 is 10.6 Å². The molecule has 1 aliphatic rings. The van der Waals surface area contributed by atoms with Gasteiger partial charge < -0.3 is 10.6 Å². The van der Waals surface area contributed by atoms with Crippen molar-refractivity contribution in [2.24, 2.45) is 5.92 Å². The largest absolute Gasteiger partial charge is 0.352 e. The molecule has 2 N–H and O–H groups in total. The molecule has 6 nitrogen and oxygen atoms in total. The van der Waals surface area contributed by atoms with Gasteiger partial charge in [-0.3, -0.25) is 9.78 Å². The minimum Gasteiger partial charge on any atom is -0.352 e. The highest BCUT2D eigenvalue weighted by atomic mass is 16.2. The maximum absolute atomic E-state index is 12.9. The number of nitrogens with zero attached hydrogens (tertiary/aromatic N) is 3. The molecule has 1 saturated carbocycles. The number of amides is 1. The first kappa shape index (κ1) is 17.3. The number of anilines is 1. The average molecular weight is 339 g/mol. The van der Waals surface area contributed by atoms with E-state index in [9.17, 15) is 4.79 Å². The van der Waals surface area contributed by atoms with Gasteiger partial charge in [-0.2, -0.15) is 0 Å². The smallest absolute Gasteiger partial charge is 0.270 e. The van der Waals surface area contributed by atoms with Crippen LogP contribution in [0.3, 0.4) is 0 Å². The Morgan fingerprint density at radius 1 is 1.20 bits per heavy atom. The van der Waals surface area contributed by atoms with Gasteiger partial charge in [0.1, 0.15) is 5.69 Å². The first-order valence-corrected chi connectivity index (χ1v) is 8.86. The second-order valence-corrected chi connectivity index (χ2v) is 6.85. The topological polar surface area (TPSA) is 79.8 Å². The van der Waals surface area contributed by atoms with E-state index in [1.807, 2.05) is 19.1 Å². The predicted molar refractivity (Wildman–Crippen MR) is 97.3 cm³/mol. The maximum Gasteiger partial charge on any atom is 0.270 e. The molecule has 25 heavy (non-hydrogen) atoms. The number of carbonyl (C=O) groups excluding carboxylic acids is 1. The highest BCUT2D eigenvalue weighted by molar-refractivity contribution is 5.94. The molecule has 0 aromatic carbocycles. The molecule has 0 aliphatic heterocycles. The summed E-state index contributed by atoms with van der Waals surface area (Å²) >= 11 is 0. The molecule has 3 rings (SSSR count). The number of hydrogen-bond acceptors (Lipinski definition) is 5. The molecule has 2 aromatic heterocycles. The summed E-state index contributed by atoms with van der Waals surface area (Å²) in [7, 11) is 0. The van der Waals surface area contributed by atoms with E-state index >= 15 is 0 Å². The average Bonchev–Trinajstić information content (AvgIpc) is 2.63. The van der Waals surface area contributed by atoms with Crippen LogP contribution in [0.1, 0.15) is 48.7 Å². The molecule has 2 heterocycles. The second kappa shape index (κ2) is 7.59. The molecule has 6 heteroatoms. The van der Waals surface area contributed by atoms with Gasteiger partial charge in [0.05, 0.1) is 5.54 Å². The van der Waals surface area contributed by atoms with Crippen LogP contribution in [0.4, 0.5) is 5.95 Å². The number of aryl methyl sites for hydroxylation is 1. The van der Waals surface area contributed by atoms with Crippen molar-refractivity contribution in [1.82, 2.24) is 20.3 Å². The van der Waals surface area contributed by atoms with Crippen molar-refractivity contribution in [3.63, 3.8) is 0 Å². The van der Waals surface area contributed by atoms with Crippen LogP contribution in [-0.4, -0.2) is 32.9 Å². The van der Waals surface area contributed by atoms with Gasteiger partial charge in [0.15, 0.2) is 0 Å². The minimum absolute atomic E-state index is 0.109. The van der Waals surface area contributed by atoms with Crippen molar-refractivity contribution < 1.29 is 4.79 Å². The lowest BCUT2D eigenvalue weighted by atomic mass is 9.73. The molecule has 0 bridgehead atoms. The van der Waals surface area contributed by atoms with Gasteiger partial charge in [0.25, 0.3) is 5.91 Å². The highest BCUT2D eigenvalue weighted by Crippen LogP contribution is 2.34. The molecule has 2 aromatic rings. The number of carbonyl (C=O) groups is 1. The van der Waals surface area contributed by atoms with Gasteiger partial charge in [0.2, 0.25) is 5.95 Å². The van der Waals surface area contributed by atoms with Gasteiger partial charge in [-0.1, -0.05) is 25.8 Å². The first-order valence-electron chi connectivity index (χ1n) is 8.86. The Balaban J connectivity index is 1.79. The monoisotopic (exact) mass is 339 g/mol. The van der Waals surface area contributed by atoms with Gasteiger partial charge in [0, 0.05) is 25.1 Å². The van der Waals surface area contributed by atoms with E-state index in [4.69, 9.17) is 0 Å². The molecule has 0 spiro atoms. The Bertz CT molecular complexity index is 721. The van der Waals surface area contributed by atoms with E-state index in [1.165, 1.54) is 6.42 Å². The van der Waals surface area contributed by atoms with E-state index in [0.717, 1.165) is 24.8 Å². The van der Waals surface area contributed by atoms with Gasteiger partial charge in [-0.15, -0.1) is 0 Å². The lowest BCUT2D eigenvalue weighted by Gasteiger charge is -2.43. The normalized spacial score (nSPS) is 23.0. The number of rotatable bonds is 5. The molecule has 132 valence electrons. The Hall–Kier alpha value is -2.50. The summed E-state index contributed by atoms with van der Waals surface area (Å²) in [4.78, 5) is 25.6. The van der Waals surface area contributed by atoms with Crippen LogP contribution in [0.25, 0.3) is 0 Å². The van der Waals surface area contributed by atoms with Crippen LogP contribution >= 0.6 is 0 Å². The van der Waals surface area contributed by atoms with Crippen molar-refractivity contribution in [3.8, 4) is 0 Å². The van der Waals surface area contributed by atoms with Gasteiger partial charge in [-0.05, 0) is 43.4 Å². The van der Waals surface area contributed by atoms with E-state index in [1.54, 1.807) is 24.7 Å². The number of nitrogens with one attached hydrogen (secondary N) is 2. The molecule has 1 aliphatic carbocycles. The predicted octanol–water partition coefficient (Wildman–Crippen LogP) is 2.97. The van der Waals surface area contributed by atoms with Crippen molar-refractivity contribution in [1.29, 1.82) is 0 Å². The Morgan fingerprint density at radius 3 is 2.68 bits per heavy atom. The third-order valence-electron chi connectivity index (χ3n) is 5.17. The van der Waals surface area contributed by atoms with Gasteiger partial charge >= 0.3 is 0 Å². The second-order valence-electron chi connectivity index (χ2n) is 6.85. The van der Waals surface area contributed by atoms with Gasteiger partial charge in [-0.25, -0.2) is 9.97 Å². The highest BCUT2D eigenvalue weighted by Gasteiger charge is 2.40. The van der Waals surface area contributed by atoms with Crippen LogP contribution in [0.2, 0.25) is 0 Å². The number of pyridine rings is 1. The molecule has 2 unspecified atom stereocenters. The summed E-state index contributed by atoms with van der Waals surface area (Å²) in [6.07, 6.45) is 9.41. The van der Waals surface area contributed by atoms with E-state index in [-0.39, 0.29) is 11.4 Å². The summed E-state index contributed by atoms with van der Waals surface area (Å²) in [5.41, 5.74) is 1.06. The third-order valence-corrected chi connectivity index (χ3v) is 5.17. The summed E-state index contributed by atoms with van der Waals surface area (Å²) in [6.45, 7) is 4.73. The fourth-order valence-corrected chi connectivity index (χ4v) is 3.54. The Labute approximate surface area is 148 Å². The summed E-state index contributed by atoms with van der Waals surface area (Å²) in [5, 5.41) is 6.59. The Kier molecular flexibility index (Phi) is 5.26. The minimum atomic E-state index is -0.321. The summed E-state index contributed by atoms with van der Waals surface area (Å²) in [6, 6.07) is 5.55. The van der Waals surface area contributed by atoms with Crippen molar-refractivity contribution >= 4 is 11.9 Å². The molecule has 0 saturated heterocycles. The zero-order valence-electron chi connectivity index (χ0n) is 14.8. The van der Waals surface area contributed by atoms with Crippen molar-refractivity contribution in [2.45, 2.75) is 45.1 Å². The maximum atomic E-state index is 12.9. The zero-order chi connectivity index (χ0) is 17.7. The van der Waals surface area contributed by atoms with E-state index < -0.39 is 0 Å². The van der Waals surface area contributed by atoms with Crippen molar-refractivity contribution in [3.05, 3.63) is 48.0 Å². The lowest BCUT2D eigenvalue weighted by molar-refractivity contribution is 0.0813. The van der Waals surface area contributed by atoms with Crippen LogP contribution in [-0.2, 0) is 0 Å². The Morgan fingerprint density at radius 2 is 1.96 bits per heavy atom. The standard InChI is InChI=1S/C19H25N5O/c1-14-7-5-10-20-16(14)17(25)24-19(9-4-3-8-15(19)2)13-23-18-21-11-6-12-22-18/h5-7,10-12,15H,3-4,8-9,13H2,1-2H3,(H,24,25)(H,21,22,23). The van der Waals surface area contributed by atoms with Crippen LogP contribution in [0.15, 0.2) is 36.8 Å². The fourth-order valence-electron chi connectivity index (χ4n) is 3.54. The molecular weight excluding hydrogens is 314 g/mol. The third kappa shape index (κ3) is 3.95. The fraction of sp³-hybridized carbons (Fsp3) is 0.474. The van der Waals surface area contributed by atoms with E-state index in [0.29, 0.717) is 24.1 Å². The molecule has 2 atom stereocenters. The molecule has 1 amide bonds. The van der Waals surface area contributed by atoms with Crippen molar-refractivity contribution in [2.75, 3.05) is 11.9 Å². The summed E-state index contributed by atoms with van der Waals surface area (Å²) < 4.78 is 0. The van der Waals surface area contributed by atoms with Crippen LogP contribution in [0, 0.1) is 12.8 Å². The number of aromatic nitrogens is 3. The molecular formula is C19H25N5O. The molecule has 0 radical (unpaired) electrons. The first-order chi connectivity index (χ1) is 12.1. The summed E-state index contributed by atoms with van der Waals surface area (Å²) in [5.74, 6) is 0.843. The molecule has 1 fully saturated rings.